The third-order valence-electron chi connectivity index (χ3n) is 4.34. The van der Waals surface area contributed by atoms with Crippen molar-refractivity contribution < 1.29 is 4.74 Å². The topological polar surface area (TPSA) is 34.1 Å². The summed E-state index contributed by atoms with van der Waals surface area (Å²) in [6, 6.07) is 6.95. The van der Waals surface area contributed by atoms with E-state index in [9.17, 15) is 0 Å². The predicted molar refractivity (Wildman–Crippen MR) is 86.1 cm³/mol. The smallest absolute Gasteiger partial charge is 0.123 e. The second-order valence-corrected chi connectivity index (χ2v) is 6.83. The summed E-state index contributed by atoms with van der Waals surface area (Å²) in [7, 11) is 0. The maximum absolute atomic E-state index is 5.59. The molecule has 1 aliphatic heterocycles. The largest absolute Gasteiger partial charge is 0.493 e. The summed E-state index contributed by atoms with van der Waals surface area (Å²) >= 11 is 1.87. The van der Waals surface area contributed by atoms with Crippen LogP contribution in [0.25, 0.3) is 10.6 Å². The van der Waals surface area contributed by atoms with Gasteiger partial charge in [-0.1, -0.05) is 6.92 Å². The van der Waals surface area contributed by atoms with E-state index in [0.29, 0.717) is 6.04 Å². The first-order valence-corrected chi connectivity index (χ1v) is 8.66. The van der Waals surface area contributed by atoms with Gasteiger partial charge in [-0.15, -0.1) is 11.3 Å². The van der Waals surface area contributed by atoms with Crippen LogP contribution in [-0.2, 0) is 12.8 Å². The molecule has 110 valence electrons. The van der Waals surface area contributed by atoms with Crippen molar-refractivity contribution in [1.82, 2.24) is 10.3 Å². The first-order chi connectivity index (χ1) is 10.3. The highest BCUT2D eigenvalue weighted by molar-refractivity contribution is 7.15. The average molecular weight is 300 g/mol. The van der Waals surface area contributed by atoms with Crippen LogP contribution in [-0.4, -0.2) is 18.1 Å². The summed E-state index contributed by atoms with van der Waals surface area (Å²) in [6.45, 7) is 3.99. The number of aromatic nitrogens is 1. The van der Waals surface area contributed by atoms with Gasteiger partial charge < -0.3 is 10.1 Å². The van der Waals surface area contributed by atoms with Crippen LogP contribution in [0.5, 0.6) is 5.75 Å². The molecule has 4 heteroatoms. The zero-order valence-electron chi connectivity index (χ0n) is 12.3. The van der Waals surface area contributed by atoms with Crippen molar-refractivity contribution in [2.24, 2.45) is 0 Å². The molecule has 21 heavy (non-hydrogen) atoms. The molecule has 0 radical (unpaired) electrons. The summed E-state index contributed by atoms with van der Waals surface area (Å²) in [5.74, 6) is 1.05. The highest BCUT2D eigenvalue weighted by Gasteiger charge is 2.24. The van der Waals surface area contributed by atoms with E-state index in [0.717, 1.165) is 25.3 Å². The molecule has 1 N–H and O–H groups in total. The van der Waals surface area contributed by atoms with E-state index in [1.54, 1.807) is 0 Å². The molecule has 1 aliphatic carbocycles. The number of ether oxygens (including phenoxy) is 1. The summed E-state index contributed by atoms with van der Waals surface area (Å²) in [5.41, 5.74) is 3.86. The molecule has 2 aromatic rings. The minimum Gasteiger partial charge on any atom is -0.493 e. The normalized spacial score (nSPS) is 20.0. The lowest BCUT2D eigenvalue weighted by Gasteiger charge is -2.21. The molecule has 4 rings (SSSR count). The Labute approximate surface area is 129 Å². The van der Waals surface area contributed by atoms with E-state index in [2.05, 4.69) is 30.4 Å². The Morgan fingerprint density at radius 2 is 2.33 bits per heavy atom. The van der Waals surface area contributed by atoms with E-state index in [1.807, 2.05) is 11.3 Å². The molecule has 1 atom stereocenters. The molecule has 0 saturated carbocycles. The number of hydrogen-bond donors (Lipinski definition) is 1. The Kier molecular flexibility index (Phi) is 3.43. The molecule has 0 bridgehead atoms. The standard InChI is InChI=1S/C17H20N2OS/c1-2-18-13-4-3-5-15-16(13)19-17(21-15)12-6-7-14-11(10-12)8-9-20-14/h6-7,10,13,18H,2-5,8-9H2,1H3. The number of nitrogens with one attached hydrogen (secondary N) is 1. The van der Waals surface area contributed by atoms with Crippen LogP contribution in [0.2, 0.25) is 0 Å². The first-order valence-electron chi connectivity index (χ1n) is 7.84. The van der Waals surface area contributed by atoms with Crippen molar-refractivity contribution in [3.8, 4) is 16.3 Å². The fraction of sp³-hybridized carbons (Fsp3) is 0.471. The number of rotatable bonds is 3. The van der Waals surface area contributed by atoms with Gasteiger partial charge in [-0.05, 0) is 49.6 Å². The third-order valence-corrected chi connectivity index (χ3v) is 5.52. The van der Waals surface area contributed by atoms with Crippen LogP contribution in [0.3, 0.4) is 0 Å². The Hall–Kier alpha value is -1.39. The summed E-state index contributed by atoms with van der Waals surface area (Å²) < 4.78 is 5.59. The van der Waals surface area contributed by atoms with Crippen molar-refractivity contribution in [2.75, 3.05) is 13.2 Å². The number of fused-ring (bicyclic) bond motifs is 2. The maximum atomic E-state index is 5.59. The molecule has 1 unspecified atom stereocenters. The van der Waals surface area contributed by atoms with Crippen molar-refractivity contribution in [3.05, 3.63) is 34.3 Å². The van der Waals surface area contributed by atoms with Crippen LogP contribution in [0.1, 0.15) is 41.9 Å². The first kappa shape index (κ1) is 13.3. The van der Waals surface area contributed by atoms with E-state index >= 15 is 0 Å². The molecule has 0 fully saturated rings. The zero-order valence-corrected chi connectivity index (χ0v) is 13.1. The van der Waals surface area contributed by atoms with Crippen molar-refractivity contribution in [2.45, 2.75) is 38.6 Å². The van der Waals surface area contributed by atoms with Crippen molar-refractivity contribution >= 4 is 11.3 Å². The maximum Gasteiger partial charge on any atom is 0.123 e. The van der Waals surface area contributed by atoms with Gasteiger partial charge in [0.25, 0.3) is 0 Å². The van der Waals surface area contributed by atoms with Crippen LogP contribution in [0.15, 0.2) is 18.2 Å². The molecule has 0 amide bonds. The Balaban J connectivity index is 1.70. The summed E-state index contributed by atoms with van der Waals surface area (Å²) in [5, 5.41) is 4.74. The SMILES string of the molecule is CCNC1CCCc2sc(-c3ccc4c(c3)CCO4)nc21. The van der Waals surface area contributed by atoms with Crippen LogP contribution >= 0.6 is 11.3 Å². The van der Waals surface area contributed by atoms with Gasteiger partial charge in [0.2, 0.25) is 0 Å². The minimum absolute atomic E-state index is 0.446. The highest BCUT2D eigenvalue weighted by Crippen LogP contribution is 2.38. The second kappa shape index (κ2) is 5.43. The molecule has 0 saturated heterocycles. The predicted octanol–water partition coefficient (Wildman–Crippen LogP) is 3.73. The quantitative estimate of drug-likeness (QED) is 0.938. The van der Waals surface area contributed by atoms with Gasteiger partial charge in [-0.3, -0.25) is 0 Å². The lowest BCUT2D eigenvalue weighted by Crippen LogP contribution is -2.24. The minimum atomic E-state index is 0.446. The molecule has 3 nitrogen and oxygen atoms in total. The molecular weight excluding hydrogens is 280 g/mol. The van der Waals surface area contributed by atoms with Crippen LogP contribution < -0.4 is 10.1 Å². The van der Waals surface area contributed by atoms with Crippen LogP contribution in [0.4, 0.5) is 0 Å². The third kappa shape index (κ3) is 2.36. The molecule has 0 spiro atoms. The van der Waals surface area contributed by atoms with Crippen LogP contribution in [0, 0.1) is 0 Å². The monoisotopic (exact) mass is 300 g/mol. The van der Waals surface area contributed by atoms with Crippen molar-refractivity contribution in [1.29, 1.82) is 0 Å². The summed E-state index contributed by atoms with van der Waals surface area (Å²) in [6.07, 6.45) is 4.68. The zero-order chi connectivity index (χ0) is 14.2. The second-order valence-electron chi connectivity index (χ2n) is 5.75. The lowest BCUT2D eigenvalue weighted by molar-refractivity contribution is 0.357. The van der Waals surface area contributed by atoms with E-state index in [4.69, 9.17) is 9.72 Å². The van der Waals surface area contributed by atoms with E-state index in [1.165, 1.54) is 46.0 Å². The highest BCUT2D eigenvalue weighted by atomic mass is 32.1. The number of hydrogen-bond acceptors (Lipinski definition) is 4. The molecule has 1 aromatic carbocycles. The lowest BCUT2D eigenvalue weighted by atomic mass is 9.97. The average Bonchev–Trinajstić information content (AvgIpc) is 3.13. The Morgan fingerprint density at radius 1 is 1.38 bits per heavy atom. The van der Waals surface area contributed by atoms with Gasteiger partial charge >= 0.3 is 0 Å². The van der Waals surface area contributed by atoms with E-state index < -0.39 is 0 Å². The van der Waals surface area contributed by atoms with Gasteiger partial charge in [0, 0.05) is 16.9 Å². The Bertz CT molecular complexity index is 665. The summed E-state index contributed by atoms with van der Waals surface area (Å²) in [4.78, 5) is 6.43. The van der Waals surface area contributed by atoms with Gasteiger partial charge in [-0.2, -0.15) is 0 Å². The van der Waals surface area contributed by atoms with Gasteiger partial charge in [0.1, 0.15) is 10.8 Å². The molecule has 2 heterocycles. The van der Waals surface area contributed by atoms with E-state index in [-0.39, 0.29) is 0 Å². The molecule has 2 aliphatic rings. The number of nitrogens with zero attached hydrogens (tertiary/aromatic N) is 1. The van der Waals surface area contributed by atoms with Gasteiger partial charge in [0.05, 0.1) is 18.3 Å². The number of aryl methyl sites for hydroxylation is 1. The van der Waals surface area contributed by atoms with Gasteiger partial charge in [-0.25, -0.2) is 4.98 Å². The fourth-order valence-corrected chi connectivity index (χ4v) is 4.47. The van der Waals surface area contributed by atoms with Crippen molar-refractivity contribution in [3.63, 3.8) is 0 Å². The molecular formula is C17H20N2OS. The fourth-order valence-electron chi connectivity index (χ4n) is 3.31. The number of benzene rings is 1. The Morgan fingerprint density at radius 3 is 3.24 bits per heavy atom. The number of thiazole rings is 1. The van der Waals surface area contributed by atoms with Gasteiger partial charge in [0.15, 0.2) is 0 Å². The molecule has 1 aromatic heterocycles.